The third kappa shape index (κ3) is 1.30. The van der Waals surface area contributed by atoms with Crippen LogP contribution in [0.4, 0.5) is 6.01 Å². The Labute approximate surface area is 75.3 Å². The first-order valence-corrected chi connectivity index (χ1v) is 4.09. The molecular formula is C9H10N2O2. The molecule has 0 saturated carbocycles. The SMILES string of the molecule is CCOc1cccc2nc(N)oc12. The van der Waals surface area contributed by atoms with E-state index in [9.17, 15) is 0 Å². The van der Waals surface area contributed by atoms with Gasteiger partial charge in [-0.05, 0) is 19.1 Å². The summed E-state index contributed by atoms with van der Waals surface area (Å²) in [6, 6.07) is 5.69. The van der Waals surface area contributed by atoms with E-state index in [4.69, 9.17) is 14.9 Å². The highest BCUT2D eigenvalue weighted by molar-refractivity contribution is 5.80. The number of hydrogen-bond donors (Lipinski definition) is 1. The molecule has 1 aromatic carbocycles. The van der Waals surface area contributed by atoms with Gasteiger partial charge in [0.1, 0.15) is 5.52 Å². The molecule has 13 heavy (non-hydrogen) atoms. The monoisotopic (exact) mass is 178 g/mol. The molecule has 2 aromatic rings. The molecule has 0 saturated heterocycles. The molecule has 0 aliphatic carbocycles. The zero-order chi connectivity index (χ0) is 9.26. The van der Waals surface area contributed by atoms with Crippen LogP contribution < -0.4 is 10.5 Å². The summed E-state index contributed by atoms with van der Waals surface area (Å²) in [5.74, 6) is 0.684. The number of ether oxygens (including phenoxy) is 1. The van der Waals surface area contributed by atoms with E-state index < -0.39 is 0 Å². The molecule has 2 rings (SSSR count). The highest BCUT2D eigenvalue weighted by Gasteiger charge is 2.07. The molecule has 68 valence electrons. The van der Waals surface area contributed by atoms with Crippen molar-refractivity contribution >= 4 is 17.1 Å². The maximum Gasteiger partial charge on any atom is 0.293 e. The number of anilines is 1. The summed E-state index contributed by atoms with van der Waals surface area (Å²) < 4.78 is 10.5. The molecule has 4 nitrogen and oxygen atoms in total. The van der Waals surface area contributed by atoms with Crippen LogP contribution in [0.2, 0.25) is 0 Å². The molecule has 0 aliphatic rings. The van der Waals surface area contributed by atoms with E-state index in [0.29, 0.717) is 17.9 Å². The highest BCUT2D eigenvalue weighted by atomic mass is 16.5. The number of fused-ring (bicyclic) bond motifs is 1. The first-order valence-electron chi connectivity index (χ1n) is 4.09. The number of nitrogen functional groups attached to an aromatic ring is 1. The second kappa shape index (κ2) is 2.97. The number of aromatic nitrogens is 1. The van der Waals surface area contributed by atoms with Crippen molar-refractivity contribution in [2.45, 2.75) is 6.92 Å². The van der Waals surface area contributed by atoms with Gasteiger partial charge in [0.05, 0.1) is 6.61 Å². The average molecular weight is 178 g/mol. The van der Waals surface area contributed by atoms with Crippen molar-refractivity contribution in [2.24, 2.45) is 0 Å². The van der Waals surface area contributed by atoms with Gasteiger partial charge < -0.3 is 14.9 Å². The van der Waals surface area contributed by atoms with Crippen molar-refractivity contribution in [3.05, 3.63) is 18.2 Å². The lowest BCUT2D eigenvalue weighted by Crippen LogP contribution is -1.90. The van der Waals surface area contributed by atoms with Gasteiger partial charge in [0, 0.05) is 0 Å². The van der Waals surface area contributed by atoms with Crippen molar-refractivity contribution in [3.8, 4) is 5.75 Å². The Bertz CT molecular complexity index is 422. The van der Waals surface area contributed by atoms with Crippen molar-refractivity contribution in [3.63, 3.8) is 0 Å². The highest BCUT2D eigenvalue weighted by Crippen LogP contribution is 2.26. The van der Waals surface area contributed by atoms with Crippen molar-refractivity contribution in [2.75, 3.05) is 12.3 Å². The van der Waals surface area contributed by atoms with Gasteiger partial charge in [-0.3, -0.25) is 0 Å². The van der Waals surface area contributed by atoms with E-state index in [2.05, 4.69) is 4.98 Å². The van der Waals surface area contributed by atoms with E-state index in [0.717, 1.165) is 5.52 Å². The Morgan fingerprint density at radius 2 is 2.38 bits per heavy atom. The number of hydrogen-bond acceptors (Lipinski definition) is 4. The topological polar surface area (TPSA) is 61.3 Å². The fourth-order valence-corrected chi connectivity index (χ4v) is 1.21. The summed E-state index contributed by atoms with van der Waals surface area (Å²) in [6.45, 7) is 2.51. The lowest BCUT2D eigenvalue weighted by Gasteiger charge is -2.00. The molecule has 1 heterocycles. The fraction of sp³-hybridized carbons (Fsp3) is 0.222. The summed E-state index contributed by atoms with van der Waals surface area (Å²) in [7, 11) is 0. The minimum absolute atomic E-state index is 0.169. The summed E-state index contributed by atoms with van der Waals surface area (Å²) in [4.78, 5) is 3.99. The Balaban J connectivity index is 2.60. The standard InChI is InChI=1S/C9H10N2O2/c1-2-12-7-5-3-4-6-8(7)13-9(10)11-6/h3-5H,2H2,1H3,(H2,10,11). The normalized spacial score (nSPS) is 10.5. The lowest BCUT2D eigenvalue weighted by molar-refractivity contribution is 0.339. The fourth-order valence-electron chi connectivity index (χ4n) is 1.21. The smallest absolute Gasteiger partial charge is 0.293 e. The molecule has 0 radical (unpaired) electrons. The molecular weight excluding hydrogens is 168 g/mol. The summed E-state index contributed by atoms with van der Waals surface area (Å²) in [5.41, 5.74) is 6.76. The molecule has 2 N–H and O–H groups in total. The second-order valence-electron chi connectivity index (χ2n) is 2.59. The van der Waals surface area contributed by atoms with Gasteiger partial charge in [0.15, 0.2) is 11.3 Å². The van der Waals surface area contributed by atoms with Crippen LogP contribution in [0.15, 0.2) is 22.6 Å². The minimum atomic E-state index is 0.169. The van der Waals surface area contributed by atoms with Crippen LogP contribution in [0.1, 0.15) is 6.92 Å². The van der Waals surface area contributed by atoms with Crippen LogP contribution in [0.5, 0.6) is 5.75 Å². The zero-order valence-electron chi connectivity index (χ0n) is 7.28. The van der Waals surface area contributed by atoms with Gasteiger partial charge in [0.2, 0.25) is 0 Å². The van der Waals surface area contributed by atoms with Gasteiger partial charge >= 0.3 is 0 Å². The van der Waals surface area contributed by atoms with E-state index >= 15 is 0 Å². The first kappa shape index (κ1) is 7.91. The molecule has 0 atom stereocenters. The maximum atomic E-state index is 5.42. The molecule has 0 fully saturated rings. The molecule has 0 unspecified atom stereocenters. The average Bonchev–Trinajstić information content (AvgIpc) is 2.47. The molecule has 1 aromatic heterocycles. The van der Waals surface area contributed by atoms with E-state index in [1.165, 1.54) is 0 Å². The third-order valence-electron chi connectivity index (χ3n) is 1.70. The number of nitrogens with two attached hydrogens (primary N) is 1. The predicted molar refractivity (Wildman–Crippen MR) is 49.6 cm³/mol. The Morgan fingerprint density at radius 3 is 3.15 bits per heavy atom. The minimum Gasteiger partial charge on any atom is -0.490 e. The second-order valence-corrected chi connectivity index (χ2v) is 2.59. The van der Waals surface area contributed by atoms with E-state index in [1.807, 2.05) is 25.1 Å². The van der Waals surface area contributed by atoms with Crippen LogP contribution in [0.25, 0.3) is 11.1 Å². The Morgan fingerprint density at radius 1 is 1.54 bits per heavy atom. The summed E-state index contributed by atoms with van der Waals surface area (Å²) in [5, 5.41) is 0. The molecule has 0 aliphatic heterocycles. The Kier molecular flexibility index (Phi) is 1.81. The number of rotatable bonds is 2. The third-order valence-corrected chi connectivity index (χ3v) is 1.70. The van der Waals surface area contributed by atoms with Gasteiger partial charge in [0.25, 0.3) is 6.01 Å². The van der Waals surface area contributed by atoms with E-state index in [-0.39, 0.29) is 6.01 Å². The summed E-state index contributed by atoms with van der Waals surface area (Å²) >= 11 is 0. The van der Waals surface area contributed by atoms with Crippen LogP contribution in [0.3, 0.4) is 0 Å². The van der Waals surface area contributed by atoms with E-state index in [1.54, 1.807) is 0 Å². The van der Waals surface area contributed by atoms with Crippen LogP contribution >= 0.6 is 0 Å². The largest absolute Gasteiger partial charge is 0.490 e. The van der Waals surface area contributed by atoms with Crippen molar-refractivity contribution in [1.82, 2.24) is 4.98 Å². The molecule has 0 amide bonds. The van der Waals surface area contributed by atoms with Crippen molar-refractivity contribution in [1.29, 1.82) is 0 Å². The molecule has 4 heteroatoms. The first-order chi connectivity index (χ1) is 6.31. The quantitative estimate of drug-likeness (QED) is 0.761. The summed E-state index contributed by atoms with van der Waals surface area (Å²) in [6.07, 6.45) is 0. The number of oxazole rings is 1. The van der Waals surface area contributed by atoms with Crippen molar-refractivity contribution < 1.29 is 9.15 Å². The Hall–Kier alpha value is -1.71. The predicted octanol–water partition coefficient (Wildman–Crippen LogP) is 1.81. The maximum absolute atomic E-state index is 5.42. The van der Waals surface area contributed by atoms with Crippen LogP contribution in [-0.2, 0) is 0 Å². The number of nitrogens with zero attached hydrogens (tertiary/aromatic N) is 1. The number of benzene rings is 1. The molecule has 0 spiro atoms. The van der Waals surface area contributed by atoms with Crippen LogP contribution in [0, 0.1) is 0 Å². The lowest BCUT2D eigenvalue weighted by atomic mass is 10.3. The van der Waals surface area contributed by atoms with Gasteiger partial charge in [-0.15, -0.1) is 0 Å². The number of para-hydroxylation sites is 1. The van der Waals surface area contributed by atoms with Gasteiger partial charge in [-0.1, -0.05) is 6.07 Å². The van der Waals surface area contributed by atoms with Gasteiger partial charge in [-0.2, -0.15) is 4.98 Å². The van der Waals surface area contributed by atoms with Gasteiger partial charge in [-0.25, -0.2) is 0 Å². The molecule has 0 bridgehead atoms. The van der Waals surface area contributed by atoms with Crippen LogP contribution in [-0.4, -0.2) is 11.6 Å². The zero-order valence-corrected chi connectivity index (χ0v) is 7.28.